The topological polar surface area (TPSA) is 34.1 Å². The van der Waals surface area contributed by atoms with E-state index in [0.29, 0.717) is 11.1 Å². The number of ketones is 2. The molecule has 88 valence electrons. The van der Waals surface area contributed by atoms with Crippen molar-refractivity contribution in [2.45, 2.75) is 0 Å². The number of halogens is 1. The Morgan fingerprint density at radius 3 is 2.17 bits per heavy atom. The maximum atomic E-state index is 11.9. The third kappa shape index (κ3) is 2.34. The van der Waals surface area contributed by atoms with Crippen LogP contribution in [0, 0.1) is 0 Å². The predicted octanol–water partition coefficient (Wildman–Crippen LogP) is 2.30. The molecular formula is C14H10BBrO2. The summed E-state index contributed by atoms with van der Waals surface area (Å²) in [7, 11) is 3.47. The van der Waals surface area contributed by atoms with Gasteiger partial charge in [0, 0.05) is 0 Å². The molecule has 2 rings (SSSR count). The van der Waals surface area contributed by atoms with Crippen molar-refractivity contribution in [2.24, 2.45) is 0 Å². The molecule has 0 fully saturated rings. The van der Waals surface area contributed by atoms with Crippen LogP contribution in [0.15, 0.2) is 36.4 Å². The van der Waals surface area contributed by atoms with Crippen molar-refractivity contribution in [1.82, 2.24) is 0 Å². The zero-order valence-corrected chi connectivity index (χ0v) is 11.2. The molecule has 0 saturated carbocycles. The van der Waals surface area contributed by atoms with Crippen molar-refractivity contribution in [3.05, 3.63) is 47.5 Å². The van der Waals surface area contributed by atoms with Gasteiger partial charge >= 0.3 is 114 Å². The van der Waals surface area contributed by atoms with Gasteiger partial charge in [0.15, 0.2) is 0 Å². The molecule has 18 heavy (non-hydrogen) atoms. The van der Waals surface area contributed by atoms with Gasteiger partial charge in [-0.1, -0.05) is 0 Å². The van der Waals surface area contributed by atoms with Gasteiger partial charge in [-0.2, -0.15) is 0 Å². The van der Waals surface area contributed by atoms with Crippen LogP contribution in [0.1, 0.15) is 20.7 Å². The molecule has 2 aromatic rings. The van der Waals surface area contributed by atoms with Gasteiger partial charge in [-0.05, 0) is 0 Å². The van der Waals surface area contributed by atoms with Gasteiger partial charge in [0.05, 0.1) is 0 Å². The van der Waals surface area contributed by atoms with Crippen LogP contribution in [0.5, 0.6) is 0 Å². The molecule has 0 aliphatic heterocycles. The third-order valence-electron chi connectivity index (χ3n) is 2.76. The molecule has 0 atom stereocenters. The molecule has 0 N–H and O–H groups in total. The normalized spacial score (nSPS) is 10.2. The summed E-state index contributed by atoms with van der Waals surface area (Å²) in [5.74, 6) is 0.894. The van der Waals surface area contributed by atoms with E-state index in [0.717, 1.165) is 10.8 Å². The number of Topliss-reactive ketones (excluding diaryl/α,β-unsaturated/α-hetero) is 2. The first kappa shape index (κ1) is 12.9. The Balaban J connectivity index is 2.75. The molecular weight excluding hydrogens is 291 g/mol. The molecule has 0 saturated heterocycles. The van der Waals surface area contributed by atoms with E-state index in [9.17, 15) is 9.59 Å². The molecule has 0 heterocycles. The average Bonchev–Trinajstić information content (AvgIpc) is 2.44. The Hall–Kier alpha value is -1.55. The Bertz CT molecular complexity index is 649. The second-order valence-electron chi connectivity index (χ2n) is 3.87. The molecule has 0 amide bonds. The number of alkyl halides is 1. The van der Waals surface area contributed by atoms with Crippen molar-refractivity contribution in [1.29, 1.82) is 0 Å². The van der Waals surface area contributed by atoms with Gasteiger partial charge in [0.25, 0.3) is 0 Å². The summed E-state index contributed by atoms with van der Waals surface area (Å²) >= 11 is 3.13. The van der Waals surface area contributed by atoms with E-state index in [1.54, 1.807) is 12.1 Å². The number of benzene rings is 2. The van der Waals surface area contributed by atoms with Crippen LogP contribution in [-0.4, -0.2) is 30.4 Å². The third-order valence-corrected chi connectivity index (χ3v) is 3.27. The van der Waals surface area contributed by atoms with Crippen molar-refractivity contribution in [3.63, 3.8) is 0 Å². The summed E-state index contributed by atoms with van der Waals surface area (Å²) in [5, 5.41) is 2.08. The number of hydrogen-bond acceptors (Lipinski definition) is 2. The number of rotatable bonds is 4. The fourth-order valence-electron chi connectivity index (χ4n) is 1.86. The van der Waals surface area contributed by atoms with Gasteiger partial charge in [-0.3, -0.25) is 0 Å². The fraction of sp³-hybridized carbons (Fsp3) is 0.0714. The summed E-state index contributed by atoms with van der Waals surface area (Å²) in [5.41, 5.74) is 0.851. The van der Waals surface area contributed by atoms with E-state index in [2.05, 4.69) is 23.4 Å². The average molecular weight is 301 g/mol. The first-order chi connectivity index (χ1) is 8.67. The van der Waals surface area contributed by atoms with Crippen LogP contribution in [0.4, 0.5) is 0 Å². The van der Waals surface area contributed by atoms with Gasteiger partial charge in [0.1, 0.15) is 0 Å². The summed E-state index contributed by atoms with van der Waals surface area (Å²) in [6.07, 6.45) is 0. The van der Waals surface area contributed by atoms with Crippen LogP contribution in [-0.2, 0) is 0 Å². The molecule has 0 radical (unpaired) electrons. The summed E-state index contributed by atoms with van der Waals surface area (Å²) in [4.78, 5) is 23.7. The Labute approximate surface area is 114 Å². The van der Waals surface area contributed by atoms with Crippen molar-refractivity contribution >= 4 is 51.7 Å². The molecule has 0 aliphatic carbocycles. The van der Waals surface area contributed by atoms with Gasteiger partial charge in [-0.25, -0.2) is 0 Å². The SMILES string of the molecule is B=CC(=O)c1cc2ccccc2cc1C(=O)CBr. The molecule has 2 nitrogen and oxygen atoms in total. The predicted molar refractivity (Wildman–Crippen MR) is 79.6 cm³/mol. The molecule has 0 aliphatic rings. The van der Waals surface area contributed by atoms with Gasteiger partial charge in [-0.15, -0.1) is 0 Å². The van der Waals surface area contributed by atoms with Crippen LogP contribution in [0.3, 0.4) is 0 Å². The molecule has 2 aromatic carbocycles. The number of carbonyl (C=O) groups excluding carboxylic acids is 2. The first-order valence-corrected chi connectivity index (χ1v) is 6.58. The van der Waals surface area contributed by atoms with Crippen LogP contribution in [0.25, 0.3) is 10.8 Å². The van der Waals surface area contributed by atoms with E-state index in [1.165, 1.54) is 5.97 Å². The second-order valence-corrected chi connectivity index (χ2v) is 4.43. The van der Waals surface area contributed by atoms with Crippen LogP contribution in [0.2, 0.25) is 0 Å². The quantitative estimate of drug-likeness (QED) is 0.493. The minimum absolute atomic E-state index is 0.106. The summed E-state index contributed by atoms with van der Waals surface area (Å²) in [6.45, 7) is 0. The number of carbonyl (C=O) groups is 2. The van der Waals surface area contributed by atoms with Gasteiger partial charge in [0.2, 0.25) is 0 Å². The Morgan fingerprint density at radius 2 is 1.67 bits per heavy atom. The van der Waals surface area contributed by atoms with Crippen molar-refractivity contribution < 1.29 is 9.59 Å². The molecule has 0 aromatic heterocycles. The van der Waals surface area contributed by atoms with Crippen LogP contribution < -0.4 is 0 Å². The molecule has 4 heteroatoms. The Morgan fingerprint density at radius 1 is 1.11 bits per heavy atom. The Kier molecular flexibility index (Phi) is 3.87. The fourth-order valence-corrected chi connectivity index (χ4v) is 2.16. The zero-order valence-electron chi connectivity index (χ0n) is 9.65. The first-order valence-electron chi connectivity index (χ1n) is 5.46. The summed E-state index contributed by atoms with van der Waals surface area (Å²) in [6, 6.07) is 11.1. The zero-order chi connectivity index (χ0) is 13.1. The monoisotopic (exact) mass is 300 g/mol. The molecule has 0 spiro atoms. The molecule has 0 unspecified atom stereocenters. The van der Waals surface area contributed by atoms with E-state index in [-0.39, 0.29) is 16.9 Å². The van der Waals surface area contributed by atoms with Crippen molar-refractivity contribution in [3.8, 4) is 0 Å². The minimum atomic E-state index is -0.231. The van der Waals surface area contributed by atoms with Crippen molar-refractivity contribution in [2.75, 3.05) is 5.33 Å². The van der Waals surface area contributed by atoms with Gasteiger partial charge < -0.3 is 0 Å². The van der Waals surface area contributed by atoms with E-state index >= 15 is 0 Å². The number of hydrogen-bond donors (Lipinski definition) is 0. The number of fused-ring (bicyclic) bond motifs is 1. The maximum absolute atomic E-state index is 11.9. The standard InChI is InChI=1S/C14H10BBrO2/c15-7-13(17)11-5-9-3-1-2-4-10(9)6-12(11)14(18)8-16/h1-7,15H,8H2. The van der Waals surface area contributed by atoms with E-state index in [1.807, 2.05) is 24.3 Å². The summed E-state index contributed by atoms with van der Waals surface area (Å²) < 4.78 is 0. The molecule has 0 bridgehead atoms. The second kappa shape index (κ2) is 5.40. The van der Waals surface area contributed by atoms with E-state index in [4.69, 9.17) is 0 Å². The van der Waals surface area contributed by atoms with E-state index < -0.39 is 0 Å². The van der Waals surface area contributed by atoms with Crippen LogP contribution >= 0.6 is 15.9 Å².